The summed E-state index contributed by atoms with van der Waals surface area (Å²) in [6.07, 6.45) is 0.698. The Labute approximate surface area is 98.9 Å². The lowest BCUT2D eigenvalue weighted by molar-refractivity contribution is -0.384. The molecule has 2 rings (SSSR count). The van der Waals surface area contributed by atoms with E-state index in [0.29, 0.717) is 18.7 Å². The first-order valence-corrected chi connectivity index (χ1v) is 5.51. The molecule has 1 aromatic rings. The lowest BCUT2D eigenvalue weighted by Crippen LogP contribution is -2.39. The second-order valence-corrected chi connectivity index (χ2v) is 4.09. The Balaban J connectivity index is 2.11. The summed E-state index contributed by atoms with van der Waals surface area (Å²) in [5.74, 6) is 0. The van der Waals surface area contributed by atoms with Crippen LogP contribution < -0.4 is 11.1 Å². The van der Waals surface area contributed by atoms with Crippen LogP contribution in [0.25, 0.3) is 0 Å². The van der Waals surface area contributed by atoms with E-state index < -0.39 is 4.92 Å². The number of nitrogens with two attached hydrogens (primary N) is 1. The minimum atomic E-state index is -0.431. The van der Waals surface area contributed by atoms with E-state index in [2.05, 4.69) is 5.32 Å². The third-order valence-corrected chi connectivity index (χ3v) is 2.68. The number of ether oxygens (including phenoxy) is 1. The molecule has 0 aliphatic carbocycles. The number of nitrogens with zero attached hydrogens (tertiary/aromatic N) is 1. The van der Waals surface area contributed by atoms with Crippen LogP contribution in [0.3, 0.4) is 0 Å². The fraction of sp³-hybridized carbons (Fsp3) is 0.455. The van der Waals surface area contributed by atoms with Crippen LogP contribution in [0.5, 0.6) is 0 Å². The maximum Gasteiger partial charge on any atom is 0.271 e. The van der Waals surface area contributed by atoms with E-state index in [0.717, 1.165) is 18.7 Å². The molecular formula is C11H15N3O3. The zero-order valence-corrected chi connectivity index (χ0v) is 9.39. The van der Waals surface area contributed by atoms with Crippen molar-refractivity contribution in [3.05, 3.63) is 33.9 Å². The number of morpholine rings is 1. The van der Waals surface area contributed by atoms with Crippen LogP contribution in [0.15, 0.2) is 18.2 Å². The molecule has 1 fully saturated rings. The number of hydrogen-bond donors (Lipinski definition) is 2. The van der Waals surface area contributed by atoms with Gasteiger partial charge in [0.1, 0.15) is 0 Å². The van der Waals surface area contributed by atoms with E-state index in [9.17, 15) is 10.1 Å². The summed E-state index contributed by atoms with van der Waals surface area (Å²) in [5, 5.41) is 13.9. The minimum Gasteiger partial charge on any atom is -0.399 e. The summed E-state index contributed by atoms with van der Waals surface area (Å²) in [6.45, 7) is 2.30. The zero-order valence-electron chi connectivity index (χ0n) is 9.39. The van der Waals surface area contributed by atoms with Crippen LogP contribution >= 0.6 is 0 Å². The monoisotopic (exact) mass is 237 g/mol. The normalized spacial score (nSPS) is 20.1. The SMILES string of the molecule is Nc1cc(CC2CNCCO2)cc([N+](=O)[O-])c1. The lowest BCUT2D eigenvalue weighted by Gasteiger charge is -2.23. The number of anilines is 1. The molecule has 6 heteroatoms. The average molecular weight is 237 g/mol. The first-order chi connectivity index (χ1) is 8.15. The summed E-state index contributed by atoms with van der Waals surface area (Å²) in [5.41, 5.74) is 6.93. The predicted octanol–water partition coefficient (Wildman–Crippen LogP) is 0.708. The molecule has 1 atom stereocenters. The quantitative estimate of drug-likeness (QED) is 0.459. The van der Waals surface area contributed by atoms with Crippen LogP contribution in [-0.4, -0.2) is 30.7 Å². The lowest BCUT2D eigenvalue weighted by atomic mass is 10.1. The Morgan fingerprint density at radius 2 is 2.35 bits per heavy atom. The van der Waals surface area contributed by atoms with Gasteiger partial charge in [-0.05, 0) is 11.6 Å². The highest BCUT2D eigenvalue weighted by atomic mass is 16.6. The Bertz CT molecular complexity index is 416. The molecular weight excluding hydrogens is 222 g/mol. The molecule has 1 aliphatic heterocycles. The molecule has 0 amide bonds. The minimum absolute atomic E-state index is 0.0313. The number of hydrogen-bond acceptors (Lipinski definition) is 5. The molecule has 1 aliphatic rings. The third-order valence-electron chi connectivity index (χ3n) is 2.68. The summed E-state index contributed by atoms with van der Waals surface area (Å²) in [6, 6.07) is 4.67. The third kappa shape index (κ3) is 3.15. The number of non-ortho nitro benzene ring substituents is 1. The smallest absolute Gasteiger partial charge is 0.271 e. The van der Waals surface area contributed by atoms with Gasteiger partial charge in [-0.3, -0.25) is 10.1 Å². The Morgan fingerprint density at radius 3 is 3.00 bits per heavy atom. The number of nitrogens with one attached hydrogen (secondary N) is 1. The molecule has 1 saturated heterocycles. The Kier molecular flexibility index (Phi) is 3.55. The van der Waals surface area contributed by atoms with Gasteiger partial charge < -0.3 is 15.8 Å². The predicted molar refractivity (Wildman–Crippen MR) is 63.8 cm³/mol. The summed E-state index contributed by atoms with van der Waals surface area (Å²) < 4.78 is 5.55. The number of nitro benzene ring substituents is 1. The van der Waals surface area contributed by atoms with Crippen molar-refractivity contribution in [3.8, 4) is 0 Å². The van der Waals surface area contributed by atoms with Crippen molar-refractivity contribution in [1.82, 2.24) is 5.32 Å². The van der Waals surface area contributed by atoms with Gasteiger partial charge in [0.05, 0.1) is 17.6 Å². The van der Waals surface area contributed by atoms with Crippen LogP contribution in [0, 0.1) is 10.1 Å². The fourth-order valence-corrected chi connectivity index (χ4v) is 1.94. The first-order valence-electron chi connectivity index (χ1n) is 5.51. The van der Waals surface area contributed by atoms with Crippen molar-refractivity contribution in [2.24, 2.45) is 0 Å². The van der Waals surface area contributed by atoms with Crippen molar-refractivity contribution in [2.75, 3.05) is 25.4 Å². The molecule has 17 heavy (non-hydrogen) atoms. The van der Waals surface area contributed by atoms with E-state index in [1.807, 2.05) is 0 Å². The largest absolute Gasteiger partial charge is 0.399 e. The first kappa shape index (κ1) is 11.8. The van der Waals surface area contributed by atoms with E-state index in [1.165, 1.54) is 6.07 Å². The molecule has 0 radical (unpaired) electrons. The molecule has 3 N–H and O–H groups in total. The van der Waals surface area contributed by atoms with Gasteiger partial charge in [-0.1, -0.05) is 0 Å². The number of rotatable bonds is 3. The molecule has 92 valence electrons. The Hall–Kier alpha value is -1.66. The van der Waals surface area contributed by atoms with Gasteiger partial charge in [0.25, 0.3) is 5.69 Å². The van der Waals surface area contributed by atoms with Crippen LogP contribution in [0.2, 0.25) is 0 Å². The van der Waals surface area contributed by atoms with Crippen LogP contribution in [0.4, 0.5) is 11.4 Å². The van der Waals surface area contributed by atoms with E-state index in [4.69, 9.17) is 10.5 Å². The van der Waals surface area contributed by atoms with Crippen LogP contribution in [-0.2, 0) is 11.2 Å². The summed E-state index contributed by atoms with van der Waals surface area (Å²) >= 11 is 0. The number of benzene rings is 1. The molecule has 0 aromatic heterocycles. The van der Waals surface area contributed by atoms with Gasteiger partial charge in [-0.2, -0.15) is 0 Å². The zero-order chi connectivity index (χ0) is 12.3. The molecule has 1 aromatic carbocycles. The van der Waals surface area contributed by atoms with E-state index in [-0.39, 0.29) is 11.8 Å². The van der Waals surface area contributed by atoms with Crippen molar-refractivity contribution in [3.63, 3.8) is 0 Å². The van der Waals surface area contributed by atoms with Gasteiger partial charge >= 0.3 is 0 Å². The highest BCUT2D eigenvalue weighted by Crippen LogP contribution is 2.20. The van der Waals surface area contributed by atoms with Crippen molar-refractivity contribution in [2.45, 2.75) is 12.5 Å². The topological polar surface area (TPSA) is 90.4 Å². The molecule has 0 saturated carbocycles. The molecule has 6 nitrogen and oxygen atoms in total. The molecule has 0 bridgehead atoms. The summed E-state index contributed by atoms with van der Waals surface area (Å²) in [7, 11) is 0. The fourth-order valence-electron chi connectivity index (χ4n) is 1.94. The maximum atomic E-state index is 10.7. The van der Waals surface area contributed by atoms with E-state index in [1.54, 1.807) is 12.1 Å². The van der Waals surface area contributed by atoms with Crippen LogP contribution in [0.1, 0.15) is 5.56 Å². The van der Waals surface area contributed by atoms with E-state index >= 15 is 0 Å². The molecule has 1 unspecified atom stereocenters. The van der Waals surface area contributed by atoms with Crippen molar-refractivity contribution in [1.29, 1.82) is 0 Å². The van der Waals surface area contributed by atoms with Gasteiger partial charge in [0.2, 0.25) is 0 Å². The summed E-state index contributed by atoms with van der Waals surface area (Å²) in [4.78, 5) is 10.3. The van der Waals surface area contributed by atoms with Crippen molar-refractivity contribution >= 4 is 11.4 Å². The van der Waals surface area contributed by atoms with Gasteiger partial charge in [-0.15, -0.1) is 0 Å². The average Bonchev–Trinajstić information content (AvgIpc) is 2.29. The standard InChI is InChI=1S/C11H15N3O3/c12-9-3-8(4-10(6-9)14(15)16)5-11-7-13-1-2-17-11/h3-4,6,11,13H,1-2,5,7,12H2. The highest BCUT2D eigenvalue weighted by Gasteiger charge is 2.16. The highest BCUT2D eigenvalue weighted by molar-refractivity contribution is 5.50. The second kappa shape index (κ2) is 5.11. The number of nitrogen functional groups attached to an aromatic ring is 1. The van der Waals surface area contributed by atoms with Gasteiger partial charge in [0, 0.05) is 37.3 Å². The number of nitro groups is 1. The molecule has 1 heterocycles. The van der Waals surface area contributed by atoms with Crippen molar-refractivity contribution < 1.29 is 9.66 Å². The van der Waals surface area contributed by atoms with Gasteiger partial charge in [-0.25, -0.2) is 0 Å². The maximum absolute atomic E-state index is 10.7. The van der Waals surface area contributed by atoms with Gasteiger partial charge in [0.15, 0.2) is 0 Å². The second-order valence-electron chi connectivity index (χ2n) is 4.09. The Morgan fingerprint density at radius 1 is 1.53 bits per heavy atom. The molecule has 0 spiro atoms.